The molecule has 1 aromatic carbocycles. The highest BCUT2D eigenvalue weighted by molar-refractivity contribution is 8.00. The van der Waals surface area contributed by atoms with E-state index >= 15 is 0 Å². The molecule has 23 heavy (non-hydrogen) atoms. The first-order valence-corrected chi connectivity index (χ1v) is 9.01. The largest absolute Gasteiger partial charge is 0.497 e. The maximum Gasteiger partial charge on any atom is 0.234 e. The van der Waals surface area contributed by atoms with Crippen LogP contribution < -0.4 is 15.4 Å². The fourth-order valence-corrected chi connectivity index (χ4v) is 3.05. The lowest BCUT2D eigenvalue weighted by atomic mass is 10.3. The molecule has 0 unspecified atom stereocenters. The van der Waals surface area contributed by atoms with E-state index in [1.807, 2.05) is 17.5 Å². The first-order chi connectivity index (χ1) is 11.2. The molecule has 5 nitrogen and oxygen atoms in total. The lowest BCUT2D eigenvalue weighted by molar-refractivity contribution is -0.118. The maximum atomic E-state index is 11.8. The monoisotopic (exact) mass is 350 g/mol. The number of hydrogen-bond acceptors (Lipinski definition) is 5. The molecule has 0 saturated heterocycles. The molecule has 0 saturated carbocycles. The molecule has 2 rings (SSSR count). The van der Waals surface area contributed by atoms with Gasteiger partial charge < -0.3 is 15.4 Å². The summed E-state index contributed by atoms with van der Waals surface area (Å²) in [5.41, 5.74) is 0.707. The van der Waals surface area contributed by atoms with Crippen LogP contribution in [0.4, 0.5) is 5.69 Å². The number of carbonyl (C=O) groups excluding carboxylic acids is 2. The van der Waals surface area contributed by atoms with Gasteiger partial charge in [0, 0.05) is 10.6 Å². The Bertz CT molecular complexity index is 627. The van der Waals surface area contributed by atoms with Gasteiger partial charge in [0.05, 0.1) is 25.2 Å². The van der Waals surface area contributed by atoms with Crippen LogP contribution in [-0.2, 0) is 16.1 Å². The topological polar surface area (TPSA) is 67.4 Å². The standard InChI is InChI=1S/C16H18N2O3S2/c1-21-13-6-4-12(5-7-13)18-16(20)11-22-10-15(19)17-9-14-3-2-8-23-14/h2-8H,9-11H2,1H3,(H,17,19)(H,18,20). The molecule has 0 fully saturated rings. The van der Waals surface area contributed by atoms with E-state index in [1.54, 1.807) is 42.7 Å². The van der Waals surface area contributed by atoms with Gasteiger partial charge in [0.25, 0.3) is 0 Å². The van der Waals surface area contributed by atoms with Crippen LogP contribution in [0.5, 0.6) is 5.75 Å². The van der Waals surface area contributed by atoms with Crippen LogP contribution in [0.15, 0.2) is 41.8 Å². The van der Waals surface area contributed by atoms with Crippen molar-refractivity contribution in [1.82, 2.24) is 5.32 Å². The third-order valence-electron chi connectivity index (χ3n) is 2.88. The highest BCUT2D eigenvalue weighted by atomic mass is 32.2. The second-order valence-corrected chi connectivity index (χ2v) is 6.64. The Labute approximate surface area is 143 Å². The molecule has 0 radical (unpaired) electrons. The molecule has 0 aliphatic heterocycles. The normalized spacial score (nSPS) is 10.1. The van der Waals surface area contributed by atoms with E-state index in [4.69, 9.17) is 4.74 Å². The van der Waals surface area contributed by atoms with Gasteiger partial charge in [-0.3, -0.25) is 9.59 Å². The Kier molecular flexibility index (Phi) is 6.96. The number of hydrogen-bond donors (Lipinski definition) is 2. The van der Waals surface area contributed by atoms with Crippen molar-refractivity contribution in [3.8, 4) is 5.75 Å². The van der Waals surface area contributed by atoms with Gasteiger partial charge in [-0.2, -0.15) is 0 Å². The zero-order valence-corrected chi connectivity index (χ0v) is 14.3. The van der Waals surface area contributed by atoms with Gasteiger partial charge in [-0.1, -0.05) is 6.07 Å². The summed E-state index contributed by atoms with van der Waals surface area (Å²) in [4.78, 5) is 24.6. The number of anilines is 1. The highest BCUT2D eigenvalue weighted by Gasteiger charge is 2.06. The quantitative estimate of drug-likeness (QED) is 0.768. The maximum absolute atomic E-state index is 11.8. The molecule has 122 valence electrons. The zero-order valence-electron chi connectivity index (χ0n) is 12.7. The van der Waals surface area contributed by atoms with Gasteiger partial charge in [-0.15, -0.1) is 23.1 Å². The van der Waals surface area contributed by atoms with E-state index in [-0.39, 0.29) is 23.3 Å². The van der Waals surface area contributed by atoms with Crippen molar-refractivity contribution in [2.75, 3.05) is 23.9 Å². The first kappa shape index (κ1) is 17.4. The first-order valence-electron chi connectivity index (χ1n) is 6.98. The third kappa shape index (κ3) is 6.33. The van der Waals surface area contributed by atoms with Crippen LogP contribution in [0.25, 0.3) is 0 Å². The Morgan fingerprint density at radius 3 is 2.52 bits per heavy atom. The number of ether oxygens (including phenoxy) is 1. The fraction of sp³-hybridized carbons (Fsp3) is 0.250. The van der Waals surface area contributed by atoms with Gasteiger partial charge in [0.15, 0.2) is 0 Å². The van der Waals surface area contributed by atoms with E-state index < -0.39 is 0 Å². The zero-order chi connectivity index (χ0) is 16.5. The van der Waals surface area contributed by atoms with Crippen molar-refractivity contribution in [3.05, 3.63) is 46.7 Å². The number of rotatable bonds is 8. The van der Waals surface area contributed by atoms with Crippen LogP contribution in [0, 0.1) is 0 Å². The summed E-state index contributed by atoms with van der Waals surface area (Å²) >= 11 is 2.89. The summed E-state index contributed by atoms with van der Waals surface area (Å²) in [6, 6.07) is 11.0. The van der Waals surface area contributed by atoms with Gasteiger partial charge in [-0.05, 0) is 35.7 Å². The Balaban J connectivity index is 1.62. The molecule has 0 aliphatic carbocycles. The molecule has 1 heterocycles. The summed E-state index contributed by atoms with van der Waals surface area (Å²) in [7, 11) is 1.59. The van der Waals surface area contributed by atoms with Gasteiger partial charge in [0.2, 0.25) is 11.8 Å². The molecule has 2 amide bonds. The van der Waals surface area contributed by atoms with Crippen LogP contribution in [0.3, 0.4) is 0 Å². The second kappa shape index (κ2) is 9.22. The molecule has 1 aromatic heterocycles. The number of thioether (sulfide) groups is 1. The van der Waals surface area contributed by atoms with Crippen molar-refractivity contribution in [3.63, 3.8) is 0 Å². The molecule has 2 aromatic rings. The fourth-order valence-electron chi connectivity index (χ4n) is 1.76. The van der Waals surface area contributed by atoms with Crippen LogP contribution in [0.1, 0.15) is 4.88 Å². The summed E-state index contributed by atoms with van der Waals surface area (Å²) < 4.78 is 5.05. The molecule has 7 heteroatoms. The SMILES string of the molecule is COc1ccc(NC(=O)CSCC(=O)NCc2cccs2)cc1. The van der Waals surface area contributed by atoms with Crippen molar-refractivity contribution < 1.29 is 14.3 Å². The molecule has 2 N–H and O–H groups in total. The van der Waals surface area contributed by atoms with Crippen molar-refractivity contribution >= 4 is 40.6 Å². The predicted molar refractivity (Wildman–Crippen MR) is 95.1 cm³/mol. The minimum absolute atomic E-state index is 0.0688. The molecular weight excluding hydrogens is 332 g/mol. The third-order valence-corrected chi connectivity index (χ3v) is 4.69. The number of benzene rings is 1. The number of thiophene rings is 1. The predicted octanol–water partition coefficient (Wildman–Crippen LogP) is 2.74. The Hall–Kier alpha value is -1.99. The van der Waals surface area contributed by atoms with E-state index in [2.05, 4.69) is 10.6 Å². The van der Waals surface area contributed by atoms with Crippen LogP contribution in [-0.4, -0.2) is 30.4 Å². The van der Waals surface area contributed by atoms with Gasteiger partial charge in [-0.25, -0.2) is 0 Å². The average molecular weight is 350 g/mol. The van der Waals surface area contributed by atoms with Crippen LogP contribution in [0.2, 0.25) is 0 Å². The van der Waals surface area contributed by atoms with Crippen molar-refractivity contribution in [1.29, 1.82) is 0 Å². The van der Waals surface area contributed by atoms with Crippen LogP contribution >= 0.6 is 23.1 Å². The van der Waals surface area contributed by atoms with Gasteiger partial charge >= 0.3 is 0 Å². The number of nitrogens with one attached hydrogen (secondary N) is 2. The number of carbonyl (C=O) groups is 2. The minimum atomic E-state index is -0.133. The number of amides is 2. The summed E-state index contributed by atoms with van der Waals surface area (Å²) in [6.45, 7) is 0.537. The highest BCUT2D eigenvalue weighted by Crippen LogP contribution is 2.15. The molecule has 0 bridgehead atoms. The average Bonchev–Trinajstić information content (AvgIpc) is 3.07. The second-order valence-electron chi connectivity index (χ2n) is 4.63. The van der Waals surface area contributed by atoms with Gasteiger partial charge in [0.1, 0.15) is 5.75 Å². The minimum Gasteiger partial charge on any atom is -0.497 e. The van der Waals surface area contributed by atoms with E-state index in [0.717, 1.165) is 10.6 Å². The lowest BCUT2D eigenvalue weighted by Gasteiger charge is -2.06. The Morgan fingerprint density at radius 2 is 1.87 bits per heavy atom. The van der Waals surface area contributed by atoms with E-state index in [1.165, 1.54) is 11.8 Å². The summed E-state index contributed by atoms with van der Waals surface area (Å²) in [5, 5.41) is 7.57. The molecule has 0 spiro atoms. The smallest absolute Gasteiger partial charge is 0.234 e. The number of methoxy groups -OCH3 is 1. The molecule has 0 aliphatic rings. The summed E-state index contributed by atoms with van der Waals surface area (Å²) in [5.74, 6) is 1.03. The Morgan fingerprint density at radius 1 is 1.13 bits per heavy atom. The summed E-state index contributed by atoms with van der Waals surface area (Å²) in [6.07, 6.45) is 0. The molecular formula is C16H18N2O3S2. The van der Waals surface area contributed by atoms with Crippen molar-refractivity contribution in [2.24, 2.45) is 0 Å². The molecule has 0 atom stereocenters. The lowest BCUT2D eigenvalue weighted by Crippen LogP contribution is -2.25. The van der Waals surface area contributed by atoms with E-state index in [9.17, 15) is 9.59 Å². The van der Waals surface area contributed by atoms with E-state index in [0.29, 0.717) is 12.2 Å². The van der Waals surface area contributed by atoms with Crippen molar-refractivity contribution in [2.45, 2.75) is 6.54 Å².